The molecule has 1 aliphatic carbocycles. The van der Waals surface area contributed by atoms with Gasteiger partial charge >= 0.3 is 5.97 Å². The van der Waals surface area contributed by atoms with Gasteiger partial charge in [0.1, 0.15) is 5.41 Å². The van der Waals surface area contributed by atoms with Crippen LogP contribution in [0.1, 0.15) is 33.5 Å². The monoisotopic (exact) mass is 295 g/mol. The van der Waals surface area contributed by atoms with Crippen molar-refractivity contribution < 1.29 is 19.4 Å². The van der Waals surface area contributed by atoms with Crippen LogP contribution in [0.2, 0.25) is 0 Å². The van der Waals surface area contributed by atoms with Crippen molar-refractivity contribution in [2.75, 3.05) is 13.2 Å². The summed E-state index contributed by atoms with van der Waals surface area (Å²) < 4.78 is 5.24. The first-order chi connectivity index (χ1) is 9.50. The number of carboxylic acid groups (broad SMARTS) is 1. The molecule has 0 aromatic carbocycles. The molecule has 1 fully saturated rings. The fraction of sp³-hybridized carbons (Fsp3) is 0.571. The molecule has 1 aromatic heterocycles. The Labute approximate surface area is 120 Å². The molecule has 20 heavy (non-hydrogen) atoms. The van der Waals surface area contributed by atoms with Gasteiger partial charge in [-0.1, -0.05) is 0 Å². The summed E-state index contributed by atoms with van der Waals surface area (Å²) in [4.78, 5) is 25.6. The van der Waals surface area contributed by atoms with E-state index in [1.54, 1.807) is 6.92 Å². The molecule has 0 radical (unpaired) electrons. The Hall–Kier alpha value is -1.40. The molecule has 108 valence electrons. The van der Waals surface area contributed by atoms with Crippen LogP contribution in [0.25, 0.3) is 0 Å². The maximum atomic E-state index is 12.3. The smallest absolute Gasteiger partial charge is 0.313 e. The second kappa shape index (κ2) is 4.86. The highest BCUT2D eigenvalue weighted by molar-refractivity contribution is 7.14. The van der Waals surface area contributed by atoms with Crippen molar-refractivity contribution in [1.82, 2.24) is 5.32 Å². The van der Waals surface area contributed by atoms with Crippen molar-refractivity contribution in [2.24, 2.45) is 5.41 Å². The molecular formula is C14H17NO4S. The number of hydrogen-bond donors (Lipinski definition) is 2. The highest BCUT2D eigenvalue weighted by Gasteiger charge is 2.47. The van der Waals surface area contributed by atoms with E-state index in [-0.39, 0.29) is 19.1 Å². The molecule has 0 bridgehead atoms. The van der Waals surface area contributed by atoms with Crippen LogP contribution >= 0.6 is 11.3 Å². The van der Waals surface area contributed by atoms with Gasteiger partial charge in [0, 0.05) is 4.88 Å². The van der Waals surface area contributed by atoms with E-state index in [2.05, 4.69) is 5.32 Å². The number of thiophene rings is 1. The van der Waals surface area contributed by atoms with Gasteiger partial charge in [0.2, 0.25) is 0 Å². The lowest BCUT2D eigenvalue weighted by atomic mass is 9.85. The summed E-state index contributed by atoms with van der Waals surface area (Å²) in [5.41, 5.74) is 0.221. The van der Waals surface area contributed by atoms with E-state index < -0.39 is 17.4 Å². The number of nitrogens with one attached hydrogen (secondary N) is 1. The molecule has 1 amide bonds. The lowest BCUT2D eigenvalue weighted by molar-refractivity contribution is -0.148. The molecule has 2 atom stereocenters. The first-order valence-electron chi connectivity index (χ1n) is 6.74. The lowest BCUT2D eigenvalue weighted by Crippen LogP contribution is -2.49. The number of amides is 1. The molecule has 3 rings (SSSR count). The number of fused-ring (bicyclic) bond motifs is 1. The third kappa shape index (κ3) is 2.13. The number of hydrogen-bond acceptors (Lipinski definition) is 4. The van der Waals surface area contributed by atoms with Crippen LogP contribution in [0.5, 0.6) is 0 Å². The number of aliphatic carboxylic acids is 1. The molecule has 1 aromatic rings. The third-order valence-electron chi connectivity index (χ3n) is 4.22. The van der Waals surface area contributed by atoms with Crippen LogP contribution in [0.15, 0.2) is 6.07 Å². The summed E-state index contributed by atoms with van der Waals surface area (Å²) in [6.45, 7) is 2.00. The largest absolute Gasteiger partial charge is 0.481 e. The Kier molecular flexibility index (Phi) is 3.30. The van der Waals surface area contributed by atoms with Crippen molar-refractivity contribution in [2.45, 2.75) is 32.2 Å². The molecule has 2 heterocycles. The lowest BCUT2D eigenvalue weighted by Gasteiger charge is -2.25. The Bertz CT molecular complexity index is 546. The molecule has 1 aliphatic heterocycles. The van der Waals surface area contributed by atoms with Gasteiger partial charge in [-0.2, -0.15) is 0 Å². The molecule has 2 N–H and O–H groups in total. The minimum Gasteiger partial charge on any atom is -0.481 e. The number of carbonyl (C=O) groups is 2. The molecule has 2 aliphatic rings. The zero-order valence-corrected chi connectivity index (χ0v) is 12.1. The summed E-state index contributed by atoms with van der Waals surface area (Å²) in [6, 6.07) is 1.46. The zero-order valence-electron chi connectivity index (χ0n) is 11.3. The average Bonchev–Trinajstić information content (AvgIpc) is 3.04. The third-order valence-corrected chi connectivity index (χ3v) is 5.46. The van der Waals surface area contributed by atoms with Gasteiger partial charge in [-0.3, -0.25) is 9.59 Å². The fourth-order valence-electron chi connectivity index (χ4n) is 2.76. The van der Waals surface area contributed by atoms with E-state index in [4.69, 9.17) is 4.74 Å². The van der Waals surface area contributed by atoms with E-state index in [1.807, 2.05) is 6.07 Å². The summed E-state index contributed by atoms with van der Waals surface area (Å²) in [7, 11) is 0. The summed E-state index contributed by atoms with van der Waals surface area (Å²) >= 11 is 1.52. The first-order valence-corrected chi connectivity index (χ1v) is 7.56. The Morgan fingerprint density at radius 3 is 3.00 bits per heavy atom. The van der Waals surface area contributed by atoms with Crippen LogP contribution < -0.4 is 5.32 Å². The van der Waals surface area contributed by atoms with Gasteiger partial charge in [0.15, 0.2) is 0 Å². The highest BCUT2D eigenvalue weighted by Crippen LogP contribution is 2.32. The maximum Gasteiger partial charge on any atom is 0.313 e. The van der Waals surface area contributed by atoms with Crippen LogP contribution in [-0.2, 0) is 22.4 Å². The van der Waals surface area contributed by atoms with Crippen LogP contribution in [0.4, 0.5) is 0 Å². The Morgan fingerprint density at radius 1 is 1.50 bits per heavy atom. The van der Waals surface area contributed by atoms with E-state index in [9.17, 15) is 14.7 Å². The van der Waals surface area contributed by atoms with Crippen molar-refractivity contribution in [1.29, 1.82) is 0 Å². The van der Waals surface area contributed by atoms with Crippen LogP contribution in [0, 0.1) is 5.41 Å². The second-order valence-electron chi connectivity index (χ2n) is 5.68. The van der Waals surface area contributed by atoms with E-state index >= 15 is 0 Å². The minimum atomic E-state index is -1.05. The van der Waals surface area contributed by atoms with E-state index in [0.29, 0.717) is 4.88 Å². The van der Waals surface area contributed by atoms with Gasteiger partial charge in [0.05, 0.1) is 24.1 Å². The van der Waals surface area contributed by atoms with Crippen molar-refractivity contribution in [3.05, 3.63) is 21.4 Å². The Morgan fingerprint density at radius 2 is 2.30 bits per heavy atom. The van der Waals surface area contributed by atoms with Crippen LogP contribution in [-0.4, -0.2) is 36.2 Å². The van der Waals surface area contributed by atoms with E-state index in [1.165, 1.54) is 21.8 Å². The number of carboxylic acids is 1. The van der Waals surface area contributed by atoms with Gasteiger partial charge in [-0.25, -0.2) is 0 Å². The molecule has 2 unspecified atom stereocenters. The molecule has 0 spiro atoms. The maximum absolute atomic E-state index is 12.3. The summed E-state index contributed by atoms with van der Waals surface area (Å²) in [5.74, 6) is -1.12. The SMILES string of the molecule is CC1(C(=O)O)COCC1NC(=O)c1cc2c(s1)CCC2. The number of aryl methyl sites for hydroxylation is 2. The van der Waals surface area contributed by atoms with E-state index in [0.717, 1.165) is 19.3 Å². The number of carbonyl (C=O) groups excluding carboxylic acids is 1. The van der Waals surface area contributed by atoms with Gasteiger partial charge in [0.25, 0.3) is 5.91 Å². The number of rotatable bonds is 3. The van der Waals surface area contributed by atoms with Gasteiger partial charge in [-0.15, -0.1) is 11.3 Å². The molecular weight excluding hydrogens is 278 g/mol. The Balaban J connectivity index is 1.73. The standard InChI is InChI=1S/C14H17NO4S/c1-14(13(17)18)7-19-6-11(14)15-12(16)10-5-8-3-2-4-9(8)20-10/h5,11H,2-4,6-7H2,1H3,(H,15,16)(H,17,18). The molecule has 0 saturated carbocycles. The molecule has 6 heteroatoms. The van der Waals surface area contributed by atoms with Crippen LogP contribution in [0.3, 0.4) is 0 Å². The molecule has 5 nitrogen and oxygen atoms in total. The van der Waals surface area contributed by atoms with Crippen molar-refractivity contribution in [3.8, 4) is 0 Å². The summed E-state index contributed by atoms with van der Waals surface area (Å²) in [6.07, 6.45) is 3.25. The number of ether oxygens (including phenoxy) is 1. The molecule has 1 saturated heterocycles. The predicted octanol–water partition coefficient (Wildman–Crippen LogP) is 1.46. The van der Waals surface area contributed by atoms with Crippen molar-refractivity contribution in [3.63, 3.8) is 0 Å². The van der Waals surface area contributed by atoms with Gasteiger partial charge in [-0.05, 0) is 37.8 Å². The normalized spacial score (nSPS) is 28.4. The highest BCUT2D eigenvalue weighted by atomic mass is 32.1. The minimum absolute atomic E-state index is 0.133. The topological polar surface area (TPSA) is 75.6 Å². The summed E-state index contributed by atoms with van der Waals surface area (Å²) in [5, 5.41) is 12.1. The second-order valence-corrected chi connectivity index (χ2v) is 6.81. The van der Waals surface area contributed by atoms with Crippen molar-refractivity contribution >= 4 is 23.2 Å². The zero-order chi connectivity index (χ0) is 14.3. The fourth-order valence-corrected chi connectivity index (χ4v) is 3.91. The quantitative estimate of drug-likeness (QED) is 0.885. The van der Waals surface area contributed by atoms with Gasteiger partial charge < -0.3 is 15.2 Å². The average molecular weight is 295 g/mol. The first kappa shape index (κ1) is 13.6. The predicted molar refractivity (Wildman–Crippen MR) is 74.2 cm³/mol.